The molecule has 0 saturated heterocycles. The van der Waals surface area contributed by atoms with Crippen molar-refractivity contribution in [2.45, 2.75) is 12.8 Å². The molecule has 0 atom stereocenters. The zero-order valence-corrected chi connectivity index (χ0v) is 8.06. The van der Waals surface area contributed by atoms with Gasteiger partial charge in [-0.05, 0) is 30.5 Å². The lowest BCUT2D eigenvalue weighted by Crippen LogP contribution is -1.89. The third kappa shape index (κ3) is 1.72. The summed E-state index contributed by atoms with van der Waals surface area (Å²) in [5.41, 5.74) is 1.10. The molecule has 0 amide bonds. The Morgan fingerprint density at radius 2 is 2.07 bits per heavy atom. The third-order valence-electron chi connectivity index (χ3n) is 2.44. The fourth-order valence-electron chi connectivity index (χ4n) is 1.67. The predicted octanol–water partition coefficient (Wildman–Crippen LogP) is 2.37. The van der Waals surface area contributed by atoms with Gasteiger partial charge < -0.3 is 10.1 Å². The zero-order valence-electron chi connectivity index (χ0n) is 8.06. The van der Waals surface area contributed by atoms with E-state index in [4.69, 9.17) is 5.11 Å². The second-order valence-electron chi connectivity index (χ2n) is 3.43. The van der Waals surface area contributed by atoms with E-state index in [1.54, 1.807) is 12.3 Å². The minimum absolute atomic E-state index is 0.0936. The van der Waals surface area contributed by atoms with E-state index in [9.17, 15) is 8.78 Å². The minimum atomic E-state index is -0.849. The molecule has 1 aromatic heterocycles. The van der Waals surface area contributed by atoms with Crippen molar-refractivity contribution in [1.82, 2.24) is 4.98 Å². The number of hydrogen-bond acceptors (Lipinski definition) is 1. The molecule has 15 heavy (non-hydrogen) atoms. The lowest BCUT2D eigenvalue weighted by Gasteiger charge is -1.98. The van der Waals surface area contributed by atoms with Crippen molar-refractivity contribution in [3.63, 3.8) is 0 Å². The average molecular weight is 211 g/mol. The zero-order chi connectivity index (χ0) is 10.8. The number of H-pyrrole nitrogens is 1. The Bertz CT molecular complexity index is 479. The molecule has 2 nitrogen and oxygen atoms in total. The molecule has 0 fully saturated rings. The first-order chi connectivity index (χ1) is 7.24. The number of aryl methyl sites for hydroxylation is 1. The molecule has 1 aromatic carbocycles. The molecule has 0 aliphatic rings. The number of hydrogen-bond donors (Lipinski definition) is 2. The smallest absolute Gasteiger partial charge is 0.182 e. The normalized spacial score (nSPS) is 11.1. The number of aromatic amines is 1. The van der Waals surface area contributed by atoms with E-state index in [2.05, 4.69) is 4.98 Å². The quantitative estimate of drug-likeness (QED) is 0.803. The Kier molecular flexibility index (Phi) is 2.68. The van der Waals surface area contributed by atoms with Gasteiger partial charge >= 0.3 is 0 Å². The van der Waals surface area contributed by atoms with Gasteiger partial charge in [-0.3, -0.25) is 0 Å². The van der Waals surface area contributed by atoms with Gasteiger partial charge in [0.25, 0.3) is 0 Å². The number of rotatable bonds is 3. The summed E-state index contributed by atoms with van der Waals surface area (Å²) < 4.78 is 26.2. The van der Waals surface area contributed by atoms with E-state index in [1.807, 2.05) is 0 Å². The number of nitrogens with one attached hydrogen (secondary N) is 1. The number of aromatic nitrogens is 1. The second-order valence-corrected chi connectivity index (χ2v) is 3.43. The molecular formula is C11H11F2NO. The summed E-state index contributed by atoms with van der Waals surface area (Å²) in [4.78, 5) is 2.71. The number of halogens is 2. The largest absolute Gasteiger partial charge is 0.396 e. The van der Waals surface area contributed by atoms with Crippen LogP contribution in [0.15, 0.2) is 18.3 Å². The van der Waals surface area contributed by atoms with Gasteiger partial charge in [-0.2, -0.15) is 0 Å². The average Bonchev–Trinajstić information content (AvgIpc) is 2.64. The number of aliphatic hydroxyl groups is 1. The van der Waals surface area contributed by atoms with Crippen molar-refractivity contribution in [2.75, 3.05) is 6.61 Å². The van der Waals surface area contributed by atoms with Crippen molar-refractivity contribution < 1.29 is 13.9 Å². The van der Waals surface area contributed by atoms with Crippen LogP contribution in [0.2, 0.25) is 0 Å². The summed E-state index contributed by atoms with van der Waals surface area (Å²) in [6.45, 7) is 0.0936. The maximum Gasteiger partial charge on any atom is 0.182 e. The molecule has 1 heterocycles. The molecule has 0 bridgehead atoms. The first kappa shape index (κ1) is 10.1. The lowest BCUT2D eigenvalue weighted by atomic mass is 10.1. The number of benzene rings is 1. The molecule has 2 rings (SSSR count). The van der Waals surface area contributed by atoms with Gasteiger partial charge in [0.1, 0.15) is 0 Å². The maximum absolute atomic E-state index is 13.3. The summed E-state index contributed by atoms with van der Waals surface area (Å²) in [6.07, 6.45) is 2.93. The second kappa shape index (κ2) is 3.98. The van der Waals surface area contributed by atoms with Gasteiger partial charge in [0.2, 0.25) is 0 Å². The molecule has 0 aliphatic carbocycles. The van der Waals surface area contributed by atoms with Crippen LogP contribution in [0.5, 0.6) is 0 Å². The van der Waals surface area contributed by atoms with Crippen LogP contribution < -0.4 is 0 Å². The molecular weight excluding hydrogens is 200 g/mol. The first-order valence-corrected chi connectivity index (χ1v) is 4.79. The van der Waals surface area contributed by atoms with Crippen molar-refractivity contribution in [3.8, 4) is 0 Å². The van der Waals surface area contributed by atoms with Crippen LogP contribution >= 0.6 is 0 Å². The Hall–Kier alpha value is -1.42. The van der Waals surface area contributed by atoms with E-state index >= 15 is 0 Å². The molecule has 0 saturated carbocycles. The van der Waals surface area contributed by atoms with Crippen LogP contribution in [0.25, 0.3) is 10.9 Å². The lowest BCUT2D eigenvalue weighted by molar-refractivity contribution is 0.289. The highest BCUT2D eigenvalue weighted by atomic mass is 19.2. The van der Waals surface area contributed by atoms with Crippen LogP contribution in [-0.4, -0.2) is 16.7 Å². The van der Waals surface area contributed by atoms with Crippen LogP contribution in [0, 0.1) is 11.6 Å². The van der Waals surface area contributed by atoms with Crippen molar-refractivity contribution >= 4 is 10.9 Å². The van der Waals surface area contributed by atoms with E-state index in [0.29, 0.717) is 18.2 Å². The Balaban J connectivity index is 2.47. The molecule has 2 aromatic rings. The highest BCUT2D eigenvalue weighted by molar-refractivity contribution is 5.83. The van der Waals surface area contributed by atoms with Crippen LogP contribution in [0.3, 0.4) is 0 Å². The highest BCUT2D eigenvalue weighted by Crippen LogP contribution is 2.23. The molecule has 0 aliphatic heterocycles. The van der Waals surface area contributed by atoms with Crippen molar-refractivity contribution in [2.24, 2.45) is 0 Å². The summed E-state index contributed by atoms with van der Waals surface area (Å²) in [6, 6.07) is 2.67. The van der Waals surface area contributed by atoms with E-state index < -0.39 is 11.6 Å². The van der Waals surface area contributed by atoms with Gasteiger partial charge in [0.05, 0.1) is 5.52 Å². The van der Waals surface area contributed by atoms with Crippen molar-refractivity contribution in [3.05, 3.63) is 35.5 Å². The Morgan fingerprint density at radius 3 is 2.80 bits per heavy atom. The number of aliphatic hydroxyl groups excluding tert-OH is 1. The standard InChI is InChI=1S/C11H11F2NO/c12-9-4-3-8-7(2-1-5-15)6-14-11(8)10(9)13/h3-4,6,14-15H,1-2,5H2. The third-order valence-corrected chi connectivity index (χ3v) is 2.44. The fraction of sp³-hybridized carbons (Fsp3) is 0.273. The summed E-state index contributed by atoms with van der Waals surface area (Å²) in [5, 5.41) is 9.37. The molecule has 0 radical (unpaired) electrons. The van der Waals surface area contributed by atoms with Gasteiger partial charge in [0, 0.05) is 18.2 Å². The number of fused-ring (bicyclic) bond motifs is 1. The topological polar surface area (TPSA) is 36.0 Å². The predicted molar refractivity (Wildman–Crippen MR) is 53.6 cm³/mol. The Labute approximate surface area is 85.5 Å². The monoisotopic (exact) mass is 211 g/mol. The highest BCUT2D eigenvalue weighted by Gasteiger charge is 2.11. The molecule has 80 valence electrons. The minimum Gasteiger partial charge on any atom is -0.396 e. The maximum atomic E-state index is 13.3. The SMILES string of the molecule is OCCCc1c[nH]c2c(F)c(F)ccc12. The summed E-state index contributed by atoms with van der Waals surface area (Å²) in [7, 11) is 0. The van der Waals surface area contributed by atoms with Crippen LogP contribution in [-0.2, 0) is 6.42 Å². The van der Waals surface area contributed by atoms with Gasteiger partial charge in [-0.15, -0.1) is 0 Å². The molecule has 2 N–H and O–H groups in total. The van der Waals surface area contributed by atoms with Gasteiger partial charge in [0.15, 0.2) is 11.6 Å². The molecule has 0 unspecified atom stereocenters. The first-order valence-electron chi connectivity index (χ1n) is 4.79. The summed E-state index contributed by atoms with van der Waals surface area (Å²) >= 11 is 0. The summed E-state index contributed by atoms with van der Waals surface area (Å²) in [5.74, 6) is -1.69. The van der Waals surface area contributed by atoms with Gasteiger partial charge in [-0.25, -0.2) is 8.78 Å². The van der Waals surface area contributed by atoms with E-state index in [0.717, 1.165) is 11.6 Å². The Morgan fingerprint density at radius 1 is 1.27 bits per heavy atom. The molecule has 4 heteroatoms. The van der Waals surface area contributed by atoms with Crippen molar-refractivity contribution in [1.29, 1.82) is 0 Å². The van der Waals surface area contributed by atoms with E-state index in [1.165, 1.54) is 0 Å². The molecule has 0 spiro atoms. The fourth-order valence-corrected chi connectivity index (χ4v) is 1.67. The van der Waals surface area contributed by atoms with E-state index in [-0.39, 0.29) is 12.1 Å². The van der Waals surface area contributed by atoms with Crippen LogP contribution in [0.4, 0.5) is 8.78 Å². The van der Waals surface area contributed by atoms with Crippen LogP contribution in [0.1, 0.15) is 12.0 Å². The van der Waals surface area contributed by atoms with Gasteiger partial charge in [-0.1, -0.05) is 0 Å².